The Hall–Kier alpha value is -4.64. The first-order chi connectivity index (χ1) is 16.4. The number of hydrogen-bond donors (Lipinski definition) is 0. The lowest BCUT2D eigenvalue weighted by Gasteiger charge is -2.11. The summed E-state index contributed by atoms with van der Waals surface area (Å²) in [7, 11) is 0. The van der Waals surface area contributed by atoms with Crippen molar-refractivity contribution >= 4 is 10.9 Å². The number of nitriles is 1. The van der Waals surface area contributed by atoms with Gasteiger partial charge >= 0.3 is 0 Å². The molecule has 0 saturated carbocycles. The predicted molar refractivity (Wildman–Crippen MR) is 121 cm³/mol. The van der Waals surface area contributed by atoms with Gasteiger partial charge in [0.2, 0.25) is 0 Å². The molecule has 0 saturated heterocycles. The van der Waals surface area contributed by atoms with Crippen LogP contribution >= 0.6 is 0 Å². The fourth-order valence-electron chi connectivity index (χ4n) is 3.96. The van der Waals surface area contributed by atoms with Gasteiger partial charge in [-0.25, -0.2) is 17.9 Å². The maximum atomic E-state index is 15.8. The molecule has 166 valence electrons. The summed E-state index contributed by atoms with van der Waals surface area (Å²) in [5, 5.41) is 14.0. The molecule has 0 unspecified atom stereocenters. The molecule has 0 fully saturated rings. The predicted octanol–water partition coefficient (Wildman–Crippen LogP) is 5.44. The number of halogens is 3. The third kappa shape index (κ3) is 3.35. The number of hydrogen-bond acceptors (Lipinski definition) is 3. The van der Waals surface area contributed by atoms with E-state index in [4.69, 9.17) is 5.26 Å². The first-order valence-electron chi connectivity index (χ1n) is 10.2. The van der Waals surface area contributed by atoms with Crippen molar-refractivity contribution in [3.05, 3.63) is 112 Å². The lowest BCUT2D eigenvalue weighted by atomic mass is 10.0. The molecule has 2 aromatic heterocycles. The molecule has 2 heterocycles. The molecular weight excluding hydrogens is 441 g/mol. The van der Waals surface area contributed by atoms with Crippen molar-refractivity contribution in [2.45, 2.75) is 6.92 Å². The van der Waals surface area contributed by atoms with Crippen LogP contribution in [0, 0.1) is 35.7 Å². The van der Waals surface area contributed by atoms with E-state index in [9.17, 15) is 9.18 Å². The lowest BCUT2D eigenvalue weighted by Crippen LogP contribution is -2.15. The van der Waals surface area contributed by atoms with Crippen molar-refractivity contribution in [3.63, 3.8) is 0 Å². The van der Waals surface area contributed by atoms with E-state index in [0.717, 1.165) is 6.07 Å². The van der Waals surface area contributed by atoms with Crippen LogP contribution < -0.4 is 5.56 Å². The van der Waals surface area contributed by atoms with E-state index < -0.39 is 17.5 Å². The summed E-state index contributed by atoms with van der Waals surface area (Å²) in [5.41, 5.74) is 0.688. The molecule has 0 aliphatic heterocycles. The Morgan fingerprint density at radius 3 is 2.38 bits per heavy atom. The summed E-state index contributed by atoms with van der Waals surface area (Å²) in [6.45, 7) is 1.69. The minimum absolute atomic E-state index is 0.000673. The van der Waals surface area contributed by atoms with Crippen LogP contribution in [0.4, 0.5) is 13.2 Å². The quantitative estimate of drug-likeness (QED) is 0.363. The average Bonchev–Trinajstić information content (AvgIpc) is 3.17. The topological polar surface area (TPSA) is 63.6 Å². The smallest absolute Gasteiger partial charge is 0.255 e. The molecule has 0 radical (unpaired) electrons. The van der Waals surface area contributed by atoms with Crippen LogP contribution in [-0.4, -0.2) is 14.3 Å². The highest BCUT2D eigenvalue weighted by Gasteiger charge is 2.20. The number of aryl methyl sites for hydroxylation is 1. The van der Waals surface area contributed by atoms with Crippen molar-refractivity contribution in [3.8, 4) is 28.6 Å². The first kappa shape index (κ1) is 21.2. The standard InChI is InChI=1S/C26H15F3N4O/c1-15-19-8-9-21(20-7-5-17(13-23(20)28)32-11-3-2-4-24(32)34)25(29)26(19)33(31-15)18-6-10-22(27)16(12-18)14-30/h2-13H,1H3. The van der Waals surface area contributed by atoms with Gasteiger partial charge in [-0.05, 0) is 49.4 Å². The van der Waals surface area contributed by atoms with Crippen molar-refractivity contribution < 1.29 is 13.2 Å². The second kappa shape index (κ2) is 8.05. The summed E-state index contributed by atoms with van der Waals surface area (Å²) in [4.78, 5) is 12.1. The van der Waals surface area contributed by atoms with Gasteiger partial charge in [-0.15, -0.1) is 0 Å². The second-order valence-corrected chi connectivity index (χ2v) is 7.67. The van der Waals surface area contributed by atoms with Crippen LogP contribution in [0.2, 0.25) is 0 Å². The number of nitrogens with zero attached hydrogens (tertiary/aromatic N) is 4. The molecule has 0 aliphatic rings. The minimum Gasteiger partial charge on any atom is -0.284 e. The van der Waals surface area contributed by atoms with Gasteiger partial charge in [0.25, 0.3) is 5.56 Å². The van der Waals surface area contributed by atoms with Gasteiger partial charge in [-0.1, -0.05) is 18.2 Å². The SMILES string of the molecule is Cc1nn(-c2ccc(F)c(C#N)c2)c2c(F)c(-c3ccc(-n4ccccc4=O)cc3F)ccc12. The van der Waals surface area contributed by atoms with E-state index in [-0.39, 0.29) is 27.8 Å². The van der Waals surface area contributed by atoms with Gasteiger partial charge in [-0.2, -0.15) is 10.4 Å². The van der Waals surface area contributed by atoms with E-state index in [1.165, 1.54) is 57.9 Å². The van der Waals surface area contributed by atoms with Gasteiger partial charge < -0.3 is 0 Å². The van der Waals surface area contributed by atoms with Crippen molar-refractivity contribution in [1.29, 1.82) is 5.26 Å². The van der Waals surface area contributed by atoms with Gasteiger partial charge in [0.15, 0.2) is 5.82 Å². The van der Waals surface area contributed by atoms with Crippen LogP contribution in [0.5, 0.6) is 0 Å². The fourth-order valence-corrected chi connectivity index (χ4v) is 3.96. The van der Waals surface area contributed by atoms with E-state index >= 15 is 8.78 Å². The van der Waals surface area contributed by atoms with Crippen molar-refractivity contribution in [1.82, 2.24) is 14.3 Å². The van der Waals surface area contributed by atoms with Crippen LogP contribution in [0.25, 0.3) is 33.4 Å². The average molecular weight is 456 g/mol. The molecule has 0 aliphatic carbocycles. The van der Waals surface area contributed by atoms with Crippen molar-refractivity contribution in [2.75, 3.05) is 0 Å². The summed E-state index contributed by atoms with van der Waals surface area (Å²) in [6, 6.07) is 17.3. The number of benzene rings is 3. The van der Waals surface area contributed by atoms with Crippen LogP contribution in [0.1, 0.15) is 11.3 Å². The van der Waals surface area contributed by atoms with Gasteiger partial charge in [0, 0.05) is 28.8 Å². The Bertz CT molecular complexity index is 1700. The molecule has 8 heteroatoms. The normalized spacial score (nSPS) is 11.0. The Kier molecular flexibility index (Phi) is 5.02. The Labute approximate surface area is 191 Å². The molecule has 0 amide bonds. The maximum Gasteiger partial charge on any atom is 0.255 e. The summed E-state index contributed by atoms with van der Waals surface area (Å²) >= 11 is 0. The van der Waals surface area contributed by atoms with E-state index in [1.54, 1.807) is 31.2 Å². The van der Waals surface area contributed by atoms with E-state index in [0.29, 0.717) is 22.5 Å². The van der Waals surface area contributed by atoms with Gasteiger partial charge in [-0.3, -0.25) is 9.36 Å². The second-order valence-electron chi connectivity index (χ2n) is 7.67. The first-order valence-corrected chi connectivity index (χ1v) is 10.2. The Morgan fingerprint density at radius 2 is 1.65 bits per heavy atom. The molecule has 5 nitrogen and oxygen atoms in total. The van der Waals surface area contributed by atoms with Crippen molar-refractivity contribution in [2.24, 2.45) is 0 Å². The molecule has 0 bridgehead atoms. The van der Waals surface area contributed by atoms with Crippen LogP contribution in [0.15, 0.2) is 77.7 Å². The molecule has 5 aromatic rings. The number of rotatable bonds is 3. The monoisotopic (exact) mass is 456 g/mol. The summed E-state index contributed by atoms with van der Waals surface area (Å²) in [6.07, 6.45) is 1.52. The largest absolute Gasteiger partial charge is 0.284 e. The van der Waals surface area contributed by atoms with Gasteiger partial charge in [0.05, 0.1) is 22.6 Å². The zero-order chi connectivity index (χ0) is 24.0. The highest BCUT2D eigenvalue weighted by atomic mass is 19.1. The third-order valence-electron chi connectivity index (χ3n) is 5.63. The zero-order valence-electron chi connectivity index (χ0n) is 17.8. The minimum atomic E-state index is -0.718. The van der Waals surface area contributed by atoms with Crippen LogP contribution in [0.3, 0.4) is 0 Å². The molecule has 34 heavy (non-hydrogen) atoms. The molecule has 0 N–H and O–H groups in total. The highest BCUT2D eigenvalue weighted by molar-refractivity contribution is 5.89. The maximum absolute atomic E-state index is 15.8. The van der Waals surface area contributed by atoms with Gasteiger partial charge in [0.1, 0.15) is 23.2 Å². The third-order valence-corrected chi connectivity index (χ3v) is 5.63. The number of aromatic nitrogens is 3. The molecule has 0 spiro atoms. The summed E-state index contributed by atoms with van der Waals surface area (Å²) < 4.78 is 47.3. The Morgan fingerprint density at radius 1 is 0.882 bits per heavy atom. The summed E-state index contributed by atoms with van der Waals surface area (Å²) in [5.74, 6) is -2.12. The molecular formula is C26H15F3N4O. The number of pyridine rings is 1. The fraction of sp³-hybridized carbons (Fsp3) is 0.0385. The zero-order valence-corrected chi connectivity index (χ0v) is 17.8. The number of fused-ring (bicyclic) bond motifs is 1. The van der Waals surface area contributed by atoms with Crippen LogP contribution in [-0.2, 0) is 0 Å². The van der Waals surface area contributed by atoms with E-state index in [1.807, 2.05) is 0 Å². The Balaban J connectivity index is 1.69. The van der Waals surface area contributed by atoms with E-state index in [2.05, 4.69) is 5.10 Å². The molecule has 0 atom stereocenters. The lowest BCUT2D eigenvalue weighted by molar-refractivity contribution is 0.616. The highest BCUT2D eigenvalue weighted by Crippen LogP contribution is 2.34. The molecule has 5 rings (SSSR count). The molecule has 3 aromatic carbocycles.